The molecule has 1 N–H and O–H groups in total. The molecular formula is C13H17N5S. The van der Waals surface area contributed by atoms with Crippen molar-refractivity contribution in [2.75, 3.05) is 29.9 Å². The summed E-state index contributed by atoms with van der Waals surface area (Å²) >= 11 is 1.61. The van der Waals surface area contributed by atoms with Crippen molar-refractivity contribution >= 4 is 33.3 Å². The maximum absolute atomic E-state index is 8.75. The third-order valence-electron chi connectivity index (χ3n) is 2.81. The third-order valence-corrected chi connectivity index (χ3v) is 3.62. The Labute approximate surface area is 116 Å². The fraction of sp³-hybridized carbons (Fsp3) is 0.462. The number of anilines is 2. The van der Waals surface area contributed by atoms with E-state index in [0.717, 1.165) is 29.1 Å². The average Bonchev–Trinajstić information content (AvgIpc) is 2.88. The van der Waals surface area contributed by atoms with E-state index in [1.54, 1.807) is 11.3 Å². The normalized spacial score (nSPS) is 10.4. The van der Waals surface area contributed by atoms with Crippen molar-refractivity contribution in [3.63, 3.8) is 0 Å². The van der Waals surface area contributed by atoms with Crippen LogP contribution in [0.15, 0.2) is 11.4 Å². The van der Waals surface area contributed by atoms with Crippen molar-refractivity contribution in [2.45, 2.75) is 20.3 Å². The number of nitrogens with zero attached hydrogens (tertiary/aromatic N) is 4. The van der Waals surface area contributed by atoms with Gasteiger partial charge in [0.05, 0.1) is 17.9 Å². The molecule has 0 saturated heterocycles. The molecule has 19 heavy (non-hydrogen) atoms. The highest BCUT2D eigenvalue weighted by atomic mass is 32.1. The molecule has 0 radical (unpaired) electrons. The van der Waals surface area contributed by atoms with Crippen LogP contribution in [0.1, 0.15) is 20.3 Å². The molecule has 100 valence electrons. The average molecular weight is 275 g/mol. The highest BCUT2D eigenvalue weighted by Crippen LogP contribution is 2.29. The Kier molecular flexibility index (Phi) is 4.53. The Hall–Kier alpha value is -1.87. The Bertz CT molecular complexity index is 586. The molecule has 0 spiro atoms. The minimum absolute atomic E-state index is 0.500. The first-order valence-electron chi connectivity index (χ1n) is 6.41. The smallest absolute Gasteiger partial charge is 0.226 e. The summed E-state index contributed by atoms with van der Waals surface area (Å²) in [5.74, 6) is 1.57. The van der Waals surface area contributed by atoms with Crippen LogP contribution in [0.25, 0.3) is 10.2 Å². The van der Waals surface area contributed by atoms with Crippen molar-refractivity contribution in [2.24, 2.45) is 0 Å². The van der Waals surface area contributed by atoms with Gasteiger partial charge in [0.15, 0.2) is 0 Å². The van der Waals surface area contributed by atoms with Crippen LogP contribution >= 0.6 is 11.3 Å². The number of thiophene rings is 1. The molecule has 0 fully saturated rings. The minimum Gasteiger partial charge on any atom is -0.355 e. The molecule has 0 saturated carbocycles. The summed E-state index contributed by atoms with van der Waals surface area (Å²) in [6.07, 6.45) is 0.500. The number of rotatable bonds is 6. The van der Waals surface area contributed by atoms with E-state index in [2.05, 4.69) is 33.2 Å². The standard InChI is InChI=1S/C13H17N5S/c1-3-15-13-16-11(18(4-2)8-5-7-14)10-6-9-19-12(10)17-13/h6,9H,3-5,8H2,1-2H3,(H,15,16,17). The quantitative estimate of drug-likeness (QED) is 0.878. The van der Waals surface area contributed by atoms with Gasteiger partial charge in [-0.15, -0.1) is 11.3 Å². The first-order valence-corrected chi connectivity index (χ1v) is 7.29. The van der Waals surface area contributed by atoms with Crippen LogP contribution in [0, 0.1) is 11.3 Å². The van der Waals surface area contributed by atoms with Gasteiger partial charge in [-0.2, -0.15) is 10.2 Å². The number of fused-ring (bicyclic) bond motifs is 1. The van der Waals surface area contributed by atoms with E-state index in [9.17, 15) is 0 Å². The minimum atomic E-state index is 0.500. The van der Waals surface area contributed by atoms with Crippen molar-refractivity contribution < 1.29 is 0 Å². The molecule has 0 bridgehead atoms. The zero-order chi connectivity index (χ0) is 13.7. The van der Waals surface area contributed by atoms with E-state index in [-0.39, 0.29) is 0 Å². The molecule has 0 aromatic carbocycles. The second kappa shape index (κ2) is 6.34. The van der Waals surface area contributed by atoms with Gasteiger partial charge >= 0.3 is 0 Å². The zero-order valence-electron chi connectivity index (χ0n) is 11.2. The fourth-order valence-electron chi connectivity index (χ4n) is 1.92. The number of hydrogen-bond donors (Lipinski definition) is 1. The van der Waals surface area contributed by atoms with Crippen LogP contribution in [0.5, 0.6) is 0 Å². The van der Waals surface area contributed by atoms with E-state index in [4.69, 9.17) is 5.26 Å². The maximum Gasteiger partial charge on any atom is 0.226 e. The van der Waals surface area contributed by atoms with Gasteiger partial charge in [-0.25, -0.2) is 4.98 Å². The van der Waals surface area contributed by atoms with Gasteiger partial charge in [-0.3, -0.25) is 0 Å². The van der Waals surface area contributed by atoms with Gasteiger partial charge in [-0.05, 0) is 25.3 Å². The predicted molar refractivity (Wildman–Crippen MR) is 79.7 cm³/mol. The molecule has 2 aromatic rings. The van der Waals surface area contributed by atoms with Gasteiger partial charge < -0.3 is 10.2 Å². The lowest BCUT2D eigenvalue weighted by molar-refractivity contribution is 0.814. The first-order chi connectivity index (χ1) is 9.30. The summed E-state index contributed by atoms with van der Waals surface area (Å²) in [6.45, 7) is 6.41. The molecule has 0 amide bonds. The summed E-state index contributed by atoms with van der Waals surface area (Å²) in [6, 6.07) is 4.23. The second-order valence-electron chi connectivity index (χ2n) is 4.03. The summed E-state index contributed by atoms with van der Waals surface area (Å²) in [7, 11) is 0. The van der Waals surface area contributed by atoms with Gasteiger partial charge in [0.2, 0.25) is 5.95 Å². The Balaban J connectivity index is 2.43. The van der Waals surface area contributed by atoms with Crippen LogP contribution in [0.3, 0.4) is 0 Å². The monoisotopic (exact) mass is 275 g/mol. The molecule has 0 atom stereocenters. The van der Waals surface area contributed by atoms with Gasteiger partial charge in [0, 0.05) is 19.6 Å². The van der Waals surface area contributed by atoms with Crippen LogP contribution in [0.4, 0.5) is 11.8 Å². The summed E-state index contributed by atoms with van der Waals surface area (Å²) in [4.78, 5) is 12.2. The maximum atomic E-state index is 8.75. The van der Waals surface area contributed by atoms with Crippen LogP contribution in [0.2, 0.25) is 0 Å². The highest BCUT2D eigenvalue weighted by molar-refractivity contribution is 7.16. The van der Waals surface area contributed by atoms with Crippen LogP contribution < -0.4 is 10.2 Å². The van der Waals surface area contributed by atoms with Crippen LogP contribution in [-0.4, -0.2) is 29.6 Å². The van der Waals surface area contributed by atoms with Gasteiger partial charge in [0.25, 0.3) is 0 Å². The Morgan fingerprint density at radius 2 is 2.26 bits per heavy atom. The lowest BCUT2D eigenvalue weighted by Crippen LogP contribution is -2.25. The molecule has 5 nitrogen and oxygen atoms in total. The summed E-state index contributed by atoms with van der Waals surface area (Å²) in [5, 5.41) is 15.0. The largest absolute Gasteiger partial charge is 0.355 e. The molecule has 0 unspecified atom stereocenters. The topological polar surface area (TPSA) is 64.8 Å². The molecule has 2 heterocycles. The number of hydrogen-bond acceptors (Lipinski definition) is 6. The van der Waals surface area contributed by atoms with Crippen molar-refractivity contribution in [1.29, 1.82) is 5.26 Å². The van der Waals surface area contributed by atoms with E-state index < -0.39 is 0 Å². The van der Waals surface area contributed by atoms with Crippen molar-refractivity contribution in [3.05, 3.63) is 11.4 Å². The van der Waals surface area contributed by atoms with Gasteiger partial charge in [0.1, 0.15) is 10.6 Å². The SMILES string of the molecule is CCNc1nc(N(CC)CCC#N)c2ccsc2n1. The highest BCUT2D eigenvalue weighted by Gasteiger charge is 2.13. The Morgan fingerprint density at radius 3 is 2.95 bits per heavy atom. The zero-order valence-corrected chi connectivity index (χ0v) is 12.0. The molecule has 0 aliphatic heterocycles. The number of nitrogens with one attached hydrogen (secondary N) is 1. The second-order valence-corrected chi connectivity index (χ2v) is 4.92. The third kappa shape index (κ3) is 2.93. The molecule has 0 aliphatic rings. The van der Waals surface area contributed by atoms with Crippen LogP contribution in [-0.2, 0) is 0 Å². The van der Waals surface area contributed by atoms with Crippen molar-refractivity contribution in [1.82, 2.24) is 9.97 Å². The van der Waals surface area contributed by atoms with E-state index in [1.807, 2.05) is 18.4 Å². The molecular weight excluding hydrogens is 258 g/mol. The van der Waals surface area contributed by atoms with E-state index >= 15 is 0 Å². The predicted octanol–water partition coefficient (Wildman–Crippen LogP) is 2.86. The van der Waals surface area contributed by atoms with Crippen molar-refractivity contribution in [3.8, 4) is 6.07 Å². The number of nitriles is 1. The molecule has 6 heteroatoms. The molecule has 0 aliphatic carbocycles. The number of aromatic nitrogens is 2. The lowest BCUT2D eigenvalue weighted by atomic mass is 10.3. The van der Waals surface area contributed by atoms with E-state index in [1.165, 1.54) is 0 Å². The lowest BCUT2D eigenvalue weighted by Gasteiger charge is -2.21. The first kappa shape index (κ1) is 13.6. The van der Waals surface area contributed by atoms with E-state index in [0.29, 0.717) is 18.9 Å². The molecule has 2 rings (SSSR count). The van der Waals surface area contributed by atoms with Gasteiger partial charge in [-0.1, -0.05) is 0 Å². The summed E-state index contributed by atoms with van der Waals surface area (Å²) in [5.41, 5.74) is 0. The molecule has 2 aromatic heterocycles. The summed E-state index contributed by atoms with van der Waals surface area (Å²) < 4.78 is 0. The fourth-order valence-corrected chi connectivity index (χ4v) is 2.68. The Morgan fingerprint density at radius 1 is 1.42 bits per heavy atom.